The van der Waals surface area contributed by atoms with Gasteiger partial charge in [-0.3, -0.25) is 29.0 Å². The molecule has 0 bridgehead atoms. The van der Waals surface area contributed by atoms with Crippen LogP contribution >= 0.6 is 0 Å². The summed E-state index contributed by atoms with van der Waals surface area (Å²) in [7, 11) is 0. The number of ether oxygens (including phenoxy) is 4. The molecule has 10 heteroatoms. The van der Waals surface area contributed by atoms with E-state index in [2.05, 4.69) is 19.3 Å². The third-order valence-corrected chi connectivity index (χ3v) is 4.65. The highest BCUT2D eigenvalue weighted by Gasteiger charge is 2.33. The van der Waals surface area contributed by atoms with Gasteiger partial charge in [0.05, 0.1) is 44.9 Å². The zero-order valence-corrected chi connectivity index (χ0v) is 19.2. The molecular weight excluding hydrogens is 408 g/mol. The van der Waals surface area contributed by atoms with Gasteiger partial charge in [-0.15, -0.1) is 0 Å². The third-order valence-electron chi connectivity index (χ3n) is 4.65. The Morgan fingerprint density at radius 2 is 1.13 bits per heavy atom. The Hall–Kier alpha value is -2.20. The fourth-order valence-electron chi connectivity index (χ4n) is 3.25. The molecule has 0 radical (unpaired) electrons. The summed E-state index contributed by atoms with van der Waals surface area (Å²) in [4.78, 5) is 46.3. The maximum Gasteiger partial charge on any atom is 0.310 e. The molecule has 0 saturated carbocycles. The molecule has 0 aromatic carbocycles. The van der Waals surface area contributed by atoms with Crippen LogP contribution in [0.5, 0.6) is 0 Å². The molecule has 0 N–H and O–H groups in total. The molecule has 2 aliphatic rings. The lowest BCUT2D eigenvalue weighted by Gasteiger charge is -2.23. The smallest absolute Gasteiger partial charge is 0.310 e. The van der Waals surface area contributed by atoms with Gasteiger partial charge in [-0.1, -0.05) is 0 Å². The summed E-state index contributed by atoms with van der Waals surface area (Å²) < 4.78 is 18.5. The van der Waals surface area contributed by atoms with Crippen molar-refractivity contribution < 1.29 is 38.1 Å². The Kier molecular flexibility index (Phi) is 17.2. The lowest BCUT2D eigenvalue weighted by atomic mass is 10.1. The number of carbonyl (C=O) groups excluding carboxylic acids is 4. The molecule has 0 aromatic rings. The van der Waals surface area contributed by atoms with Crippen molar-refractivity contribution in [1.29, 1.82) is 0 Å². The minimum absolute atomic E-state index is 0.00778. The Morgan fingerprint density at radius 3 is 1.39 bits per heavy atom. The number of nitrogens with zero attached hydrogens (tertiary/aromatic N) is 2. The lowest BCUT2D eigenvalue weighted by molar-refractivity contribution is -0.148. The maximum absolute atomic E-state index is 11.7. The van der Waals surface area contributed by atoms with Crippen molar-refractivity contribution in [2.75, 3.05) is 59.3 Å². The SMILES string of the molecule is CCOC(=O)C1CCN(CN2CCC(C(=O)OCC)C2)C1.CCOC=O.CCOC=O. The highest BCUT2D eigenvalue weighted by Crippen LogP contribution is 2.22. The van der Waals surface area contributed by atoms with Crippen molar-refractivity contribution in [3.8, 4) is 0 Å². The average molecular weight is 447 g/mol. The second-order valence-electron chi connectivity index (χ2n) is 6.87. The number of hydrogen-bond acceptors (Lipinski definition) is 10. The number of esters is 2. The highest BCUT2D eigenvalue weighted by atomic mass is 16.5. The Labute approximate surface area is 185 Å². The minimum atomic E-state index is -0.0779. The van der Waals surface area contributed by atoms with Gasteiger partial charge < -0.3 is 18.9 Å². The zero-order valence-electron chi connectivity index (χ0n) is 19.2. The van der Waals surface area contributed by atoms with E-state index in [1.165, 1.54) is 0 Å². The van der Waals surface area contributed by atoms with Crippen molar-refractivity contribution in [1.82, 2.24) is 9.80 Å². The fraction of sp³-hybridized carbons (Fsp3) is 0.810. The van der Waals surface area contributed by atoms with Crippen molar-refractivity contribution in [3.05, 3.63) is 0 Å². The van der Waals surface area contributed by atoms with E-state index in [1.807, 2.05) is 13.8 Å². The predicted molar refractivity (Wildman–Crippen MR) is 113 cm³/mol. The molecule has 10 nitrogen and oxygen atoms in total. The minimum Gasteiger partial charge on any atom is -0.468 e. The monoisotopic (exact) mass is 446 g/mol. The molecule has 2 atom stereocenters. The van der Waals surface area contributed by atoms with Crippen molar-refractivity contribution in [2.45, 2.75) is 40.5 Å². The molecule has 31 heavy (non-hydrogen) atoms. The van der Waals surface area contributed by atoms with Crippen LogP contribution < -0.4 is 0 Å². The summed E-state index contributed by atoms with van der Waals surface area (Å²) in [5.41, 5.74) is 0. The van der Waals surface area contributed by atoms with Crippen LogP contribution in [-0.2, 0) is 38.1 Å². The van der Waals surface area contributed by atoms with Crippen LogP contribution in [0.2, 0.25) is 0 Å². The van der Waals surface area contributed by atoms with Crippen LogP contribution in [0.4, 0.5) is 0 Å². The van der Waals surface area contributed by atoms with E-state index in [-0.39, 0.29) is 23.8 Å². The Morgan fingerprint density at radius 1 is 0.742 bits per heavy atom. The fourth-order valence-corrected chi connectivity index (χ4v) is 3.25. The van der Waals surface area contributed by atoms with E-state index in [1.54, 1.807) is 13.8 Å². The normalized spacial score (nSPS) is 20.4. The van der Waals surface area contributed by atoms with Gasteiger partial charge in [0.2, 0.25) is 0 Å². The molecule has 2 heterocycles. The quantitative estimate of drug-likeness (QED) is 0.274. The third kappa shape index (κ3) is 13.0. The first kappa shape index (κ1) is 28.8. The van der Waals surface area contributed by atoms with Gasteiger partial charge in [0.15, 0.2) is 0 Å². The van der Waals surface area contributed by atoms with Crippen molar-refractivity contribution in [2.24, 2.45) is 11.8 Å². The second kappa shape index (κ2) is 18.6. The van der Waals surface area contributed by atoms with Gasteiger partial charge in [0.1, 0.15) is 0 Å². The summed E-state index contributed by atoms with van der Waals surface area (Å²) in [5.74, 6) is -0.140. The summed E-state index contributed by atoms with van der Waals surface area (Å²) in [6.07, 6.45) is 1.74. The van der Waals surface area contributed by atoms with Crippen molar-refractivity contribution >= 4 is 24.9 Å². The van der Waals surface area contributed by atoms with Gasteiger partial charge in [-0.25, -0.2) is 0 Å². The highest BCUT2D eigenvalue weighted by molar-refractivity contribution is 5.73. The van der Waals surface area contributed by atoms with E-state index in [4.69, 9.17) is 9.47 Å². The van der Waals surface area contributed by atoms with E-state index >= 15 is 0 Å². The maximum atomic E-state index is 11.7. The van der Waals surface area contributed by atoms with Gasteiger partial charge in [-0.2, -0.15) is 0 Å². The molecule has 2 unspecified atom stereocenters. The predicted octanol–water partition coefficient (Wildman–Crippen LogP) is 1.07. The van der Waals surface area contributed by atoms with E-state index in [0.29, 0.717) is 39.4 Å². The molecule has 0 spiro atoms. The van der Waals surface area contributed by atoms with Crippen LogP contribution in [0, 0.1) is 11.8 Å². The number of likely N-dealkylation sites (tertiary alicyclic amines) is 2. The van der Waals surface area contributed by atoms with Crippen LogP contribution in [0.15, 0.2) is 0 Å². The Balaban J connectivity index is 0.000000752. The van der Waals surface area contributed by atoms with E-state index < -0.39 is 0 Å². The summed E-state index contributed by atoms with van der Waals surface area (Å²) in [6, 6.07) is 0. The molecule has 0 amide bonds. The molecule has 180 valence electrons. The Bertz CT molecular complexity index is 474. The first-order valence-corrected chi connectivity index (χ1v) is 10.9. The molecule has 2 fully saturated rings. The number of rotatable bonds is 10. The van der Waals surface area contributed by atoms with Gasteiger partial charge >= 0.3 is 11.9 Å². The average Bonchev–Trinajstić information content (AvgIpc) is 3.41. The van der Waals surface area contributed by atoms with Crippen LogP contribution in [0.3, 0.4) is 0 Å². The van der Waals surface area contributed by atoms with Gasteiger partial charge in [0.25, 0.3) is 12.9 Å². The molecule has 0 aromatic heterocycles. The van der Waals surface area contributed by atoms with Crippen LogP contribution in [-0.4, -0.2) is 94.0 Å². The standard InChI is InChI=1S/C15H26N2O4.2C3H6O2/c1-3-20-14(18)12-5-7-16(9-12)11-17-8-6-13(10-17)15(19)21-4-2;2*1-2-5-3-4/h12-13H,3-11H2,1-2H3;2*3H,2H2,1H3. The number of carbonyl (C=O) groups is 4. The number of hydrogen-bond donors (Lipinski definition) is 0. The first-order valence-electron chi connectivity index (χ1n) is 10.9. The lowest BCUT2D eigenvalue weighted by Crippen LogP contribution is -2.36. The zero-order chi connectivity index (χ0) is 23.5. The largest absolute Gasteiger partial charge is 0.468 e. The first-order chi connectivity index (χ1) is 15.0. The molecule has 2 rings (SSSR count). The van der Waals surface area contributed by atoms with Crippen molar-refractivity contribution in [3.63, 3.8) is 0 Å². The van der Waals surface area contributed by atoms with Crippen LogP contribution in [0.1, 0.15) is 40.5 Å². The van der Waals surface area contributed by atoms with Crippen LogP contribution in [0.25, 0.3) is 0 Å². The van der Waals surface area contributed by atoms with E-state index in [0.717, 1.165) is 45.7 Å². The topological polar surface area (TPSA) is 112 Å². The molecule has 0 aliphatic carbocycles. The summed E-state index contributed by atoms with van der Waals surface area (Å²) in [5, 5.41) is 0. The van der Waals surface area contributed by atoms with E-state index in [9.17, 15) is 19.2 Å². The summed E-state index contributed by atoms with van der Waals surface area (Å²) >= 11 is 0. The van der Waals surface area contributed by atoms with Gasteiger partial charge in [0, 0.05) is 26.2 Å². The molecular formula is C21H38N2O8. The molecule has 2 aliphatic heterocycles. The summed E-state index contributed by atoms with van der Waals surface area (Å²) in [6.45, 7) is 14.1. The second-order valence-corrected chi connectivity index (χ2v) is 6.87. The van der Waals surface area contributed by atoms with Gasteiger partial charge in [-0.05, 0) is 40.5 Å². The molecule has 2 saturated heterocycles.